The average Bonchev–Trinajstić information content (AvgIpc) is 3.07. The molecule has 25 heavy (non-hydrogen) atoms. The van der Waals surface area contributed by atoms with Crippen LogP contribution in [0.25, 0.3) is 0 Å². The summed E-state index contributed by atoms with van der Waals surface area (Å²) in [5, 5.41) is 6.89. The fourth-order valence-corrected chi connectivity index (χ4v) is 3.90. The largest absolute Gasteiger partial charge is 0.380 e. The lowest BCUT2D eigenvalue weighted by molar-refractivity contribution is 0.151. The summed E-state index contributed by atoms with van der Waals surface area (Å²) in [4.78, 5) is 6.29. The van der Waals surface area contributed by atoms with Gasteiger partial charge in [-0.15, -0.1) is 24.0 Å². The normalized spacial score (nSPS) is 16.6. The summed E-state index contributed by atoms with van der Waals surface area (Å²) in [5.41, 5.74) is 0.422. The van der Waals surface area contributed by atoms with E-state index in [4.69, 9.17) is 9.26 Å². The van der Waals surface area contributed by atoms with E-state index in [9.17, 15) is 8.42 Å². The predicted octanol–water partition coefficient (Wildman–Crippen LogP) is 0.352. The number of ether oxygens (including phenoxy) is 1. The number of rotatable bonds is 7. The number of nitrogens with one attached hydrogen (secondary N) is 1. The highest BCUT2D eigenvalue weighted by Crippen LogP contribution is 2.12. The molecule has 1 fully saturated rings. The number of halogens is 1. The number of guanidine groups is 1. The van der Waals surface area contributed by atoms with Crippen LogP contribution in [0.5, 0.6) is 0 Å². The summed E-state index contributed by atoms with van der Waals surface area (Å²) < 4.78 is 36.3. The first-order valence-corrected chi connectivity index (χ1v) is 9.58. The van der Waals surface area contributed by atoms with E-state index in [0.717, 1.165) is 5.96 Å². The molecule has 0 bridgehead atoms. The molecule has 1 aromatic rings. The van der Waals surface area contributed by atoms with Crippen molar-refractivity contribution in [3.05, 3.63) is 18.0 Å². The maximum absolute atomic E-state index is 12.4. The molecule has 0 atom stereocenters. The van der Waals surface area contributed by atoms with Gasteiger partial charge in [0.15, 0.2) is 5.96 Å². The molecule has 1 saturated heterocycles. The van der Waals surface area contributed by atoms with Crippen LogP contribution in [0.3, 0.4) is 0 Å². The number of aliphatic imine (C=N–C) groups is 1. The van der Waals surface area contributed by atoms with Gasteiger partial charge in [-0.3, -0.25) is 4.99 Å². The average molecular weight is 487 g/mol. The Morgan fingerprint density at radius 3 is 2.68 bits per heavy atom. The van der Waals surface area contributed by atoms with E-state index in [2.05, 4.69) is 15.5 Å². The van der Waals surface area contributed by atoms with Crippen LogP contribution in [0, 0.1) is 0 Å². The van der Waals surface area contributed by atoms with Gasteiger partial charge in [-0.05, 0) is 6.92 Å². The summed E-state index contributed by atoms with van der Waals surface area (Å²) in [7, 11) is -1.66. The highest BCUT2D eigenvalue weighted by molar-refractivity contribution is 14.0. The second-order valence-electron chi connectivity index (χ2n) is 5.30. The van der Waals surface area contributed by atoms with Crippen molar-refractivity contribution in [2.75, 3.05) is 53.0 Å². The fourth-order valence-electron chi connectivity index (χ4n) is 2.48. The fraction of sp³-hybridized carbons (Fsp3) is 0.714. The molecule has 1 N–H and O–H groups in total. The van der Waals surface area contributed by atoms with Gasteiger partial charge in [-0.2, -0.15) is 4.31 Å². The highest BCUT2D eigenvalue weighted by atomic mass is 127. The Labute approximate surface area is 165 Å². The lowest BCUT2D eigenvalue weighted by atomic mass is 10.4. The van der Waals surface area contributed by atoms with Crippen LogP contribution in [0.1, 0.15) is 12.6 Å². The third kappa shape index (κ3) is 6.72. The maximum Gasteiger partial charge on any atom is 0.220 e. The van der Waals surface area contributed by atoms with Crippen molar-refractivity contribution in [3.8, 4) is 0 Å². The van der Waals surface area contributed by atoms with E-state index in [1.54, 1.807) is 13.1 Å². The Balaban J connectivity index is 0.00000312. The van der Waals surface area contributed by atoms with Crippen molar-refractivity contribution in [1.82, 2.24) is 19.7 Å². The Hall–Kier alpha value is -0.920. The summed E-state index contributed by atoms with van der Waals surface area (Å²) in [5.74, 6) is 0.633. The quantitative estimate of drug-likeness (QED) is 0.257. The molecule has 144 valence electrons. The number of piperazine rings is 1. The van der Waals surface area contributed by atoms with Crippen molar-refractivity contribution in [3.63, 3.8) is 0 Å². The Morgan fingerprint density at radius 2 is 2.12 bits per heavy atom. The zero-order chi connectivity index (χ0) is 17.4. The molecular formula is C14H26IN5O4S. The molecule has 0 aliphatic carbocycles. The molecule has 11 heteroatoms. The van der Waals surface area contributed by atoms with E-state index < -0.39 is 10.0 Å². The molecule has 0 amide bonds. The zero-order valence-electron chi connectivity index (χ0n) is 14.5. The molecule has 2 rings (SSSR count). The molecule has 1 aliphatic heterocycles. The van der Waals surface area contributed by atoms with Crippen molar-refractivity contribution in [2.45, 2.75) is 12.7 Å². The number of hydrogen-bond acceptors (Lipinski definition) is 6. The molecule has 0 unspecified atom stereocenters. The summed E-state index contributed by atoms with van der Waals surface area (Å²) in [6.45, 7) is 5.94. The number of nitrogens with zero attached hydrogens (tertiary/aromatic N) is 4. The zero-order valence-corrected chi connectivity index (χ0v) is 17.7. The highest BCUT2D eigenvalue weighted by Gasteiger charge is 2.28. The lowest BCUT2D eigenvalue weighted by Crippen LogP contribution is -2.54. The lowest BCUT2D eigenvalue weighted by Gasteiger charge is -2.35. The van der Waals surface area contributed by atoms with Crippen LogP contribution < -0.4 is 5.32 Å². The molecule has 0 radical (unpaired) electrons. The molecule has 1 aromatic heterocycles. The van der Waals surface area contributed by atoms with E-state index in [1.165, 1.54) is 10.6 Å². The molecule has 0 saturated carbocycles. The van der Waals surface area contributed by atoms with E-state index >= 15 is 0 Å². The van der Waals surface area contributed by atoms with Gasteiger partial charge in [-0.25, -0.2) is 8.42 Å². The second-order valence-corrected chi connectivity index (χ2v) is 7.27. The van der Waals surface area contributed by atoms with E-state index in [-0.39, 0.29) is 29.7 Å². The molecule has 0 aromatic carbocycles. The first kappa shape index (κ1) is 22.1. The van der Waals surface area contributed by atoms with Gasteiger partial charge in [0.05, 0.1) is 12.3 Å². The summed E-state index contributed by atoms with van der Waals surface area (Å²) in [6.07, 6.45) is 1.38. The van der Waals surface area contributed by atoms with Crippen molar-refractivity contribution < 1.29 is 17.7 Å². The monoisotopic (exact) mass is 487 g/mol. The first-order chi connectivity index (χ1) is 11.6. The minimum absolute atomic E-state index is 0. The molecule has 2 heterocycles. The summed E-state index contributed by atoms with van der Waals surface area (Å²) in [6, 6.07) is 1.57. The number of hydrogen-bond donors (Lipinski definition) is 1. The first-order valence-electron chi connectivity index (χ1n) is 7.97. The van der Waals surface area contributed by atoms with Crippen LogP contribution in [0.4, 0.5) is 0 Å². The standard InChI is InChI=1S/C14H25N5O4S.HI/c1-3-22-11-5-16-14(15-2)18-6-8-19(9-7-18)24(20,21)12-13-4-10-23-17-13;/h4,10H,3,5-9,11-12H2,1-2H3,(H,15,16);1H. The number of sulfonamides is 1. The van der Waals surface area contributed by atoms with Crippen LogP contribution in [0.15, 0.2) is 21.8 Å². The van der Waals surface area contributed by atoms with E-state index in [1.807, 2.05) is 11.8 Å². The molecule has 9 nitrogen and oxygen atoms in total. The van der Waals surface area contributed by atoms with Gasteiger partial charge in [0.1, 0.15) is 12.0 Å². The third-order valence-electron chi connectivity index (χ3n) is 3.70. The van der Waals surface area contributed by atoms with Crippen molar-refractivity contribution in [2.24, 2.45) is 4.99 Å². The van der Waals surface area contributed by atoms with Gasteiger partial charge < -0.3 is 19.5 Å². The molecule has 0 spiro atoms. The van der Waals surface area contributed by atoms with Gasteiger partial charge in [-0.1, -0.05) is 5.16 Å². The summed E-state index contributed by atoms with van der Waals surface area (Å²) >= 11 is 0. The second kappa shape index (κ2) is 10.9. The Morgan fingerprint density at radius 1 is 1.40 bits per heavy atom. The van der Waals surface area contributed by atoms with Crippen LogP contribution in [-0.4, -0.2) is 81.7 Å². The van der Waals surface area contributed by atoms with Gasteiger partial charge in [0.2, 0.25) is 10.0 Å². The van der Waals surface area contributed by atoms with Gasteiger partial charge >= 0.3 is 0 Å². The Kier molecular flexibility index (Phi) is 9.67. The molecular weight excluding hydrogens is 461 g/mol. The van der Waals surface area contributed by atoms with Crippen LogP contribution >= 0.6 is 24.0 Å². The van der Waals surface area contributed by atoms with E-state index in [0.29, 0.717) is 51.6 Å². The minimum Gasteiger partial charge on any atom is -0.380 e. The topological polar surface area (TPSA) is 100 Å². The van der Waals surface area contributed by atoms with Gasteiger partial charge in [0, 0.05) is 52.4 Å². The number of aromatic nitrogens is 1. The third-order valence-corrected chi connectivity index (χ3v) is 5.51. The predicted molar refractivity (Wildman–Crippen MR) is 106 cm³/mol. The van der Waals surface area contributed by atoms with Crippen molar-refractivity contribution >= 4 is 40.0 Å². The molecule has 1 aliphatic rings. The Bertz CT molecular complexity index is 615. The maximum atomic E-state index is 12.4. The SMILES string of the molecule is CCOCCNC(=NC)N1CCN(S(=O)(=O)Cc2ccon2)CC1.I. The van der Waals surface area contributed by atoms with Crippen LogP contribution in [-0.2, 0) is 20.5 Å². The smallest absolute Gasteiger partial charge is 0.220 e. The van der Waals surface area contributed by atoms with Crippen molar-refractivity contribution in [1.29, 1.82) is 0 Å². The van der Waals surface area contributed by atoms with Crippen LogP contribution in [0.2, 0.25) is 0 Å². The minimum atomic E-state index is -3.38. The van der Waals surface area contributed by atoms with Gasteiger partial charge in [0.25, 0.3) is 0 Å².